The lowest BCUT2D eigenvalue weighted by Crippen LogP contribution is -2.20. The summed E-state index contributed by atoms with van der Waals surface area (Å²) >= 11 is 0. The first-order valence-electron chi connectivity index (χ1n) is 7.55. The van der Waals surface area contributed by atoms with Crippen molar-refractivity contribution in [2.24, 2.45) is 0 Å². The van der Waals surface area contributed by atoms with Crippen LogP contribution >= 0.6 is 0 Å². The lowest BCUT2D eigenvalue weighted by atomic mass is 10.0. The number of rotatable bonds is 5. The van der Waals surface area contributed by atoms with Crippen molar-refractivity contribution in [3.63, 3.8) is 0 Å². The Kier molecular flexibility index (Phi) is 5.21. The Bertz CT molecular complexity index is 645. The molecule has 0 unspecified atom stereocenters. The van der Waals surface area contributed by atoms with Crippen LogP contribution < -0.4 is 10.1 Å². The van der Waals surface area contributed by atoms with Crippen LogP contribution in [0.5, 0.6) is 5.75 Å². The molecule has 2 aromatic rings. The highest BCUT2D eigenvalue weighted by atomic mass is 16.5. The maximum absolute atomic E-state index is 12.0. The van der Waals surface area contributed by atoms with Crippen LogP contribution in [0.25, 0.3) is 0 Å². The van der Waals surface area contributed by atoms with Crippen molar-refractivity contribution >= 4 is 11.6 Å². The van der Waals surface area contributed by atoms with Crippen molar-refractivity contribution in [3.8, 4) is 5.75 Å². The molecule has 22 heavy (non-hydrogen) atoms. The highest BCUT2D eigenvalue weighted by Crippen LogP contribution is 2.19. The Labute approximate surface area is 132 Å². The molecule has 3 nitrogen and oxygen atoms in total. The third-order valence-corrected chi connectivity index (χ3v) is 3.58. The first-order chi connectivity index (χ1) is 10.5. The summed E-state index contributed by atoms with van der Waals surface area (Å²) in [5, 5.41) is 2.89. The largest absolute Gasteiger partial charge is 0.484 e. The molecule has 116 valence electrons. The van der Waals surface area contributed by atoms with Crippen molar-refractivity contribution in [2.75, 3.05) is 11.9 Å². The van der Waals surface area contributed by atoms with E-state index < -0.39 is 0 Å². The summed E-state index contributed by atoms with van der Waals surface area (Å²) in [6, 6.07) is 13.9. The van der Waals surface area contributed by atoms with Gasteiger partial charge in [-0.1, -0.05) is 38.1 Å². The molecular formula is C19H23NO2. The van der Waals surface area contributed by atoms with E-state index in [1.54, 1.807) is 0 Å². The van der Waals surface area contributed by atoms with E-state index in [2.05, 4.69) is 19.2 Å². The van der Waals surface area contributed by atoms with Crippen molar-refractivity contribution in [3.05, 3.63) is 59.2 Å². The molecule has 0 fully saturated rings. The van der Waals surface area contributed by atoms with E-state index in [0.29, 0.717) is 11.7 Å². The number of ether oxygens (including phenoxy) is 1. The highest BCUT2D eigenvalue weighted by molar-refractivity contribution is 5.92. The van der Waals surface area contributed by atoms with Gasteiger partial charge in [-0.15, -0.1) is 0 Å². The second kappa shape index (κ2) is 7.12. The molecule has 0 saturated heterocycles. The average molecular weight is 297 g/mol. The van der Waals surface area contributed by atoms with Crippen LogP contribution in [-0.4, -0.2) is 12.5 Å². The molecule has 0 aliphatic carbocycles. The number of anilines is 1. The minimum atomic E-state index is -0.151. The zero-order valence-corrected chi connectivity index (χ0v) is 13.6. The Morgan fingerprint density at radius 3 is 2.41 bits per heavy atom. The summed E-state index contributed by atoms with van der Waals surface area (Å²) in [6.45, 7) is 8.28. The number of hydrogen-bond acceptors (Lipinski definition) is 2. The standard InChI is InChI=1S/C19H23NO2/c1-13(2)16-7-9-17(10-8-16)22-12-19(21)20-18-11-14(3)5-6-15(18)4/h5-11,13H,12H2,1-4H3,(H,20,21). The predicted octanol–water partition coefficient (Wildman–Crippen LogP) is 4.44. The SMILES string of the molecule is Cc1ccc(C)c(NC(=O)COc2ccc(C(C)C)cc2)c1. The first-order valence-corrected chi connectivity index (χ1v) is 7.55. The van der Waals surface area contributed by atoms with Gasteiger partial charge in [0.15, 0.2) is 6.61 Å². The van der Waals surface area contributed by atoms with Crippen molar-refractivity contribution in [1.29, 1.82) is 0 Å². The quantitative estimate of drug-likeness (QED) is 0.885. The van der Waals surface area contributed by atoms with E-state index in [1.807, 2.05) is 56.3 Å². The maximum Gasteiger partial charge on any atom is 0.262 e. The van der Waals surface area contributed by atoms with Crippen LogP contribution in [0.4, 0.5) is 5.69 Å². The number of hydrogen-bond donors (Lipinski definition) is 1. The normalized spacial score (nSPS) is 10.6. The number of carbonyl (C=O) groups is 1. The van der Waals surface area contributed by atoms with Crippen molar-refractivity contribution < 1.29 is 9.53 Å². The minimum Gasteiger partial charge on any atom is -0.484 e. The van der Waals surface area contributed by atoms with Gasteiger partial charge in [-0.3, -0.25) is 4.79 Å². The van der Waals surface area contributed by atoms with E-state index in [0.717, 1.165) is 16.8 Å². The van der Waals surface area contributed by atoms with Gasteiger partial charge < -0.3 is 10.1 Å². The Hall–Kier alpha value is -2.29. The summed E-state index contributed by atoms with van der Waals surface area (Å²) in [4.78, 5) is 12.0. The van der Waals surface area contributed by atoms with Crippen molar-refractivity contribution in [1.82, 2.24) is 0 Å². The minimum absolute atomic E-state index is 0.00834. The zero-order valence-electron chi connectivity index (χ0n) is 13.6. The molecule has 0 aliphatic rings. The van der Waals surface area contributed by atoms with Gasteiger partial charge in [0.25, 0.3) is 5.91 Å². The van der Waals surface area contributed by atoms with Gasteiger partial charge in [0.2, 0.25) is 0 Å². The molecule has 0 atom stereocenters. The Balaban J connectivity index is 1.91. The molecule has 2 rings (SSSR count). The summed E-state index contributed by atoms with van der Waals surface area (Å²) in [6.07, 6.45) is 0. The van der Waals surface area contributed by atoms with Gasteiger partial charge >= 0.3 is 0 Å². The molecule has 0 aromatic heterocycles. The number of nitrogens with one attached hydrogen (secondary N) is 1. The van der Waals surface area contributed by atoms with E-state index in [1.165, 1.54) is 5.56 Å². The fourth-order valence-electron chi connectivity index (χ4n) is 2.15. The molecule has 3 heteroatoms. The van der Waals surface area contributed by atoms with Crippen LogP contribution in [0.1, 0.15) is 36.5 Å². The Morgan fingerprint density at radius 1 is 1.09 bits per heavy atom. The van der Waals surface area contributed by atoms with Gasteiger partial charge in [0.1, 0.15) is 5.75 Å². The molecule has 1 amide bonds. The Morgan fingerprint density at radius 2 is 1.77 bits per heavy atom. The summed E-state index contributed by atoms with van der Waals surface area (Å²) in [5.41, 5.74) is 4.25. The molecule has 2 aromatic carbocycles. The summed E-state index contributed by atoms with van der Waals surface area (Å²) in [7, 11) is 0. The van der Waals surface area contributed by atoms with Crippen molar-refractivity contribution in [2.45, 2.75) is 33.6 Å². The second-order valence-corrected chi connectivity index (χ2v) is 5.88. The number of benzene rings is 2. The zero-order chi connectivity index (χ0) is 16.1. The number of aryl methyl sites for hydroxylation is 2. The van der Waals surface area contributed by atoms with E-state index in [-0.39, 0.29) is 12.5 Å². The molecular weight excluding hydrogens is 274 g/mol. The molecule has 0 bridgehead atoms. The van der Waals surface area contributed by atoms with Gasteiger partial charge in [-0.25, -0.2) is 0 Å². The van der Waals surface area contributed by atoms with E-state index in [4.69, 9.17) is 4.74 Å². The van der Waals surface area contributed by atoms with E-state index in [9.17, 15) is 4.79 Å². The molecule has 0 radical (unpaired) electrons. The summed E-state index contributed by atoms with van der Waals surface area (Å²) < 4.78 is 5.53. The summed E-state index contributed by atoms with van der Waals surface area (Å²) in [5.74, 6) is 1.05. The van der Waals surface area contributed by atoms with Gasteiger partial charge in [-0.2, -0.15) is 0 Å². The molecule has 0 spiro atoms. The van der Waals surface area contributed by atoms with Gasteiger partial charge in [-0.05, 0) is 54.7 Å². The second-order valence-electron chi connectivity index (χ2n) is 5.88. The van der Waals surface area contributed by atoms with Crippen LogP contribution in [0, 0.1) is 13.8 Å². The smallest absolute Gasteiger partial charge is 0.262 e. The predicted molar refractivity (Wildman–Crippen MR) is 90.6 cm³/mol. The van der Waals surface area contributed by atoms with Crippen LogP contribution in [0.2, 0.25) is 0 Å². The maximum atomic E-state index is 12.0. The monoisotopic (exact) mass is 297 g/mol. The van der Waals surface area contributed by atoms with E-state index >= 15 is 0 Å². The van der Waals surface area contributed by atoms with Gasteiger partial charge in [0.05, 0.1) is 0 Å². The lowest BCUT2D eigenvalue weighted by molar-refractivity contribution is -0.118. The topological polar surface area (TPSA) is 38.3 Å². The van der Waals surface area contributed by atoms with Crippen LogP contribution in [0.15, 0.2) is 42.5 Å². The molecule has 1 N–H and O–H groups in total. The molecule has 0 aliphatic heterocycles. The fraction of sp³-hybridized carbons (Fsp3) is 0.316. The fourth-order valence-corrected chi connectivity index (χ4v) is 2.15. The third kappa shape index (κ3) is 4.35. The van der Waals surface area contributed by atoms with Crippen LogP contribution in [-0.2, 0) is 4.79 Å². The highest BCUT2D eigenvalue weighted by Gasteiger charge is 2.06. The molecule has 0 saturated carbocycles. The first kappa shape index (κ1) is 16.1. The molecule has 0 heterocycles. The third-order valence-electron chi connectivity index (χ3n) is 3.58. The van der Waals surface area contributed by atoms with Gasteiger partial charge in [0, 0.05) is 5.69 Å². The lowest BCUT2D eigenvalue weighted by Gasteiger charge is -2.11. The number of carbonyl (C=O) groups excluding carboxylic acids is 1. The number of amides is 1. The van der Waals surface area contributed by atoms with Crippen LogP contribution in [0.3, 0.4) is 0 Å². The average Bonchev–Trinajstić information content (AvgIpc) is 2.49.